The second-order valence-electron chi connectivity index (χ2n) is 9.10. The van der Waals surface area contributed by atoms with Gasteiger partial charge in [0.2, 0.25) is 0 Å². The molecular weight excluding hydrogens is 332 g/mol. The Kier molecular flexibility index (Phi) is 8.06. The number of rotatable bonds is 8. The van der Waals surface area contributed by atoms with Crippen LogP contribution in [0.4, 0.5) is 0 Å². The first-order valence-corrected chi connectivity index (χ1v) is 11.6. The van der Waals surface area contributed by atoms with E-state index in [2.05, 4.69) is 45.0 Å². The standard InChI is InChI=1S/C25H40O2/c1-4-19(2)22-14-16-23(17-15-22)26-25(18-21-11-6-5-7-12-21)27-24-13-9-8-10-20(24)3/h14-17,19-21,24-25H,4-13,18H2,1-3H3. The first-order valence-electron chi connectivity index (χ1n) is 11.6. The predicted octanol–water partition coefficient (Wildman–Crippen LogP) is 7.47. The van der Waals surface area contributed by atoms with Crippen molar-refractivity contribution in [3.8, 4) is 5.75 Å². The summed E-state index contributed by atoms with van der Waals surface area (Å²) < 4.78 is 13.0. The molecular formula is C25H40O2. The maximum Gasteiger partial charge on any atom is 0.200 e. The molecule has 4 atom stereocenters. The molecule has 1 aromatic rings. The lowest BCUT2D eigenvalue weighted by Crippen LogP contribution is -2.34. The lowest BCUT2D eigenvalue weighted by molar-refractivity contribution is -0.152. The molecule has 0 spiro atoms. The van der Waals surface area contributed by atoms with E-state index in [1.54, 1.807) is 0 Å². The van der Waals surface area contributed by atoms with E-state index >= 15 is 0 Å². The minimum atomic E-state index is -0.0897. The maximum atomic E-state index is 6.59. The third-order valence-corrected chi connectivity index (χ3v) is 6.94. The van der Waals surface area contributed by atoms with Gasteiger partial charge in [-0.15, -0.1) is 0 Å². The van der Waals surface area contributed by atoms with Crippen molar-refractivity contribution in [2.24, 2.45) is 11.8 Å². The van der Waals surface area contributed by atoms with E-state index < -0.39 is 0 Å². The van der Waals surface area contributed by atoms with Gasteiger partial charge in [-0.05, 0) is 54.7 Å². The van der Waals surface area contributed by atoms with E-state index in [9.17, 15) is 0 Å². The summed E-state index contributed by atoms with van der Waals surface area (Å²) in [5.74, 6) is 2.99. The van der Waals surface area contributed by atoms with Crippen LogP contribution in [0.5, 0.6) is 5.75 Å². The van der Waals surface area contributed by atoms with Gasteiger partial charge in [-0.2, -0.15) is 0 Å². The van der Waals surface area contributed by atoms with Crippen molar-refractivity contribution >= 4 is 0 Å². The molecule has 0 heterocycles. The van der Waals surface area contributed by atoms with Crippen LogP contribution in [-0.2, 0) is 4.74 Å². The minimum absolute atomic E-state index is 0.0897. The molecule has 0 aliphatic heterocycles. The summed E-state index contributed by atoms with van der Waals surface area (Å²) in [6.07, 6.45) is 14.5. The summed E-state index contributed by atoms with van der Waals surface area (Å²) in [5.41, 5.74) is 1.40. The van der Waals surface area contributed by atoms with Gasteiger partial charge in [0.05, 0.1) is 6.10 Å². The predicted molar refractivity (Wildman–Crippen MR) is 113 cm³/mol. The molecule has 0 bridgehead atoms. The lowest BCUT2D eigenvalue weighted by Gasteiger charge is -2.34. The van der Waals surface area contributed by atoms with E-state index in [1.165, 1.54) is 69.8 Å². The number of benzene rings is 1. The summed E-state index contributed by atoms with van der Waals surface area (Å²) >= 11 is 0. The molecule has 2 saturated carbocycles. The Morgan fingerprint density at radius 2 is 1.59 bits per heavy atom. The molecule has 2 fully saturated rings. The van der Waals surface area contributed by atoms with Crippen LogP contribution in [0.1, 0.15) is 103 Å². The average molecular weight is 373 g/mol. The van der Waals surface area contributed by atoms with Crippen LogP contribution >= 0.6 is 0 Å². The maximum absolute atomic E-state index is 6.59. The van der Waals surface area contributed by atoms with Crippen molar-refractivity contribution < 1.29 is 9.47 Å². The Labute approximate surface area is 167 Å². The van der Waals surface area contributed by atoms with Gasteiger partial charge in [0, 0.05) is 6.42 Å². The van der Waals surface area contributed by atoms with E-state index in [4.69, 9.17) is 9.47 Å². The van der Waals surface area contributed by atoms with Crippen molar-refractivity contribution in [3.63, 3.8) is 0 Å². The van der Waals surface area contributed by atoms with E-state index in [1.807, 2.05) is 0 Å². The molecule has 0 saturated heterocycles. The summed E-state index contributed by atoms with van der Waals surface area (Å²) in [7, 11) is 0. The van der Waals surface area contributed by atoms with Crippen LogP contribution in [0.2, 0.25) is 0 Å². The van der Waals surface area contributed by atoms with Gasteiger partial charge < -0.3 is 9.47 Å². The molecule has 4 unspecified atom stereocenters. The topological polar surface area (TPSA) is 18.5 Å². The van der Waals surface area contributed by atoms with Crippen LogP contribution in [0, 0.1) is 11.8 Å². The van der Waals surface area contributed by atoms with E-state index in [0.29, 0.717) is 17.9 Å². The van der Waals surface area contributed by atoms with Gasteiger partial charge in [0.1, 0.15) is 5.75 Å². The lowest BCUT2D eigenvalue weighted by atomic mass is 9.86. The van der Waals surface area contributed by atoms with Crippen LogP contribution in [0.25, 0.3) is 0 Å². The third kappa shape index (κ3) is 6.24. The minimum Gasteiger partial charge on any atom is -0.465 e. The third-order valence-electron chi connectivity index (χ3n) is 6.94. The summed E-state index contributed by atoms with van der Waals surface area (Å²) in [5, 5.41) is 0. The fraction of sp³-hybridized carbons (Fsp3) is 0.760. The number of hydrogen-bond donors (Lipinski definition) is 0. The van der Waals surface area contributed by atoms with E-state index in [0.717, 1.165) is 18.1 Å². The highest BCUT2D eigenvalue weighted by Crippen LogP contribution is 2.33. The fourth-order valence-corrected chi connectivity index (χ4v) is 4.77. The van der Waals surface area contributed by atoms with Crippen LogP contribution < -0.4 is 4.74 Å². The Bertz CT molecular complexity index is 532. The molecule has 1 aromatic carbocycles. The van der Waals surface area contributed by atoms with Crippen molar-refractivity contribution in [1.82, 2.24) is 0 Å². The van der Waals surface area contributed by atoms with Crippen molar-refractivity contribution in [1.29, 1.82) is 0 Å². The largest absolute Gasteiger partial charge is 0.465 e. The Morgan fingerprint density at radius 1 is 0.926 bits per heavy atom. The number of hydrogen-bond acceptors (Lipinski definition) is 2. The molecule has 2 aliphatic rings. The van der Waals surface area contributed by atoms with Crippen LogP contribution in [-0.4, -0.2) is 12.4 Å². The highest BCUT2D eigenvalue weighted by molar-refractivity contribution is 5.29. The van der Waals surface area contributed by atoms with Crippen LogP contribution in [0.15, 0.2) is 24.3 Å². The van der Waals surface area contributed by atoms with Gasteiger partial charge in [-0.3, -0.25) is 0 Å². The first kappa shape index (κ1) is 20.7. The molecule has 2 heteroatoms. The van der Waals surface area contributed by atoms with Gasteiger partial charge in [0.25, 0.3) is 0 Å². The normalized spacial score (nSPS) is 26.5. The van der Waals surface area contributed by atoms with E-state index in [-0.39, 0.29) is 6.29 Å². The fourth-order valence-electron chi connectivity index (χ4n) is 4.77. The van der Waals surface area contributed by atoms with Gasteiger partial charge >= 0.3 is 0 Å². The molecule has 27 heavy (non-hydrogen) atoms. The van der Waals surface area contributed by atoms with Crippen molar-refractivity contribution in [2.75, 3.05) is 0 Å². The van der Waals surface area contributed by atoms with Crippen molar-refractivity contribution in [3.05, 3.63) is 29.8 Å². The summed E-state index contributed by atoms with van der Waals surface area (Å²) in [6.45, 7) is 6.88. The zero-order valence-electron chi connectivity index (χ0n) is 17.8. The molecule has 0 aromatic heterocycles. The highest BCUT2D eigenvalue weighted by Gasteiger charge is 2.28. The molecule has 0 radical (unpaired) electrons. The van der Waals surface area contributed by atoms with Gasteiger partial charge in [-0.25, -0.2) is 0 Å². The molecule has 2 aliphatic carbocycles. The molecule has 2 nitrogen and oxygen atoms in total. The molecule has 3 rings (SSSR count). The monoisotopic (exact) mass is 372 g/mol. The number of ether oxygens (including phenoxy) is 2. The zero-order chi connectivity index (χ0) is 19.1. The average Bonchev–Trinajstić information content (AvgIpc) is 2.70. The summed E-state index contributed by atoms with van der Waals surface area (Å²) in [4.78, 5) is 0. The zero-order valence-corrected chi connectivity index (χ0v) is 17.8. The second kappa shape index (κ2) is 10.5. The quantitative estimate of drug-likeness (QED) is 0.441. The Hall–Kier alpha value is -1.02. The molecule has 0 N–H and O–H groups in total. The van der Waals surface area contributed by atoms with Gasteiger partial charge in [0.15, 0.2) is 6.29 Å². The van der Waals surface area contributed by atoms with Gasteiger partial charge in [-0.1, -0.05) is 77.8 Å². The molecule has 0 amide bonds. The Balaban J connectivity index is 1.64. The molecule has 152 valence electrons. The summed E-state index contributed by atoms with van der Waals surface area (Å²) in [6, 6.07) is 8.74. The SMILES string of the molecule is CCC(C)c1ccc(OC(CC2CCCCC2)OC2CCCCC2C)cc1. The van der Waals surface area contributed by atoms with Crippen molar-refractivity contribution in [2.45, 2.75) is 110 Å². The highest BCUT2D eigenvalue weighted by atomic mass is 16.7. The van der Waals surface area contributed by atoms with Crippen LogP contribution in [0.3, 0.4) is 0 Å². The smallest absolute Gasteiger partial charge is 0.200 e. The first-order chi connectivity index (χ1) is 13.2. The Morgan fingerprint density at radius 3 is 2.26 bits per heavy atom. The second-order valence-corrected chi connectivity index (χ2v) is 9.10.